The summed E-state index contributed by atoms with van der Waals surface area (Å²) in [7, 11) is 0. The summed E-state index contributed by atoms with van der Waals surface area (Å²) >= 11 is 2.07. The Hall–Kier alpha value is 0.0100. The van der Waals surface area contributed by atoms with Gasteiger partial charge in [0.05, 0.1) is 5.60 Å². The average molecular weight is 255 g/mol. The molecule has 1 atom stereocenters. The van der Waals surface area contributed by atoms with Crippen molar-refractivity contribution in [3.8, 4) is 0 Å². The molecule has 0 aromatic heterocycles. The van der Waals surface area contributed by atoms with Gasteiger partial charge in [-0.25, -0.2) is 0 Å². The summed E-state index contributed by atoms with van der Waals surface area (Å²) in [5, 5.41) is 0. The third kappa shape index (κ3) is 3.49. The molecule has 2 saturated heterocycles. The van der Waals surface area contributed by atoms with Gasteiger partial charge >= 0.3 is 0 Å². The van der Waals surface area contributed by atoms with Crippen LogP contribution >= 0.6 is 11.8 Å². The van der Waals surface area contributed by atoms with Gasteiger partial charge in [-0.05, 0) is 63.0 Å². The van der Waals surface area contributed by atoms with Crippen LogP contribution in [0, 0.1) is 5.92 Å². The van der Waals surface area contributed by atoms with Crippen molar-refractivity contribution in [2.75, 3.05) is 24.7 Å². The van der Waals surface area contributed by atoms with Crippen LogP contribution in [-0.2, 0) is 4.74 Å². The number of hydrogen-bond donors (Lipinski definition) is 1. The molecule has 2 N–H and O–H groups in total. The molecule has 2 heterocycles. The van der Waals surface area contributed by atoms with Gasteiger partial charge in [-0.3, -0.25) is 0 Å². The normalized spacial score (nSPS) is 29.5. The van der Waals surface area contributed by atoms with Crippen LogP contribution in [0.1, 0.15) is 39.0 Å². The Bertz CT molecular complexity index is 266. The largest absolute Gasteiger partial charge is 0.375 e. The Morgan fingerprint density at radius 2 is 2.24 bits per heavy atom. The van der Waals surface area contributed by atoms with Crippen LogP contribution in [-0.4, -0.2) is 30.3 Å². The lowest BCUT2D eigenvalue weighted by Gasteiger charge is -2.43. The number of ether oxygens (including phenoxy) is 1. The summed E-state index contributed by atoms with van der Waals surface area (Å²) in [5.41, 5.74) is 7.32. The lowest BCUT2D eigenvalue weighted by Crippen LogP contribution is -2.43. The van der Waals surface area contributed by atoms with E-state index in [1.807, 2.05) is 0 Å². The van der Waals surface area contributed by atoms with Gasteiger partial charge < -0.3 is 10.5 Å². The molecule has 0 aliphatic carbocycles. The highest BCUT2D eigenvalue weighted by Crippen LogP contribution is 2.41. The van der Waals surface area contributed by atoms with Crippen molar-refractivity contribution in [2.45, 2.75) is 44.6 Å². The first-order valence-electron chi connectivity index (χ1n) is 6.84. The van der Waals surface area contributed by atoms with Crippen molar-refractivity contribution in [3.05, 3.63) is 11.6 Å². The van der Waals surface area contributed by atoms with Crippen molar-refractivity contribution >= 4 is 11.8 Å². The first-order valence-corrected chi connectivity index (χ1v) is 8.00. The second-order valence-electron chi connectivity index (χ2n) is 5.36. The predicted octanol–water partition coefficient (Wildman–Crippen LogP) is 2.97. The highest BCUT2D eigenvalue weighted by atomic mass is 32.2. The Kier molecular flexibility index (Phi) is 4.95. The van der Waals surface area contributed by atoms with Crippen LogP contribution in [0.25, 0.3) is 0 Å². The summed E-state index contributed by atoms with van der Waals surface area (Å²) in [6, 6.07) is 0. The summed E-state index contributed by atoms with van der Waals surface area (Å²) < 4.78 is 6.13. The number of hydrogen-bond acceptors (Lipinski definition) is 3. The van der Waals surface area contributed by atoms with Crippen molar-refractivity contribution in [1.82, 2.24) is 0 Å². The molecule has 0 radical (unpaired) electrons. The van der Waals surface area contributed by atoms with Crippen molar-refractivity contribution in [1.29, 1.82) is 0 Å². The third-order valence-electron chi connectivity index (χ3n) is 4.17. The van der Waals surface area contributed by atoms with E-state index >= 15 is 0 Å². The molecule has 2 aliphatic heterocycles. The van der Waals surface area contributed by atoms with E-state index in [0.717, 1.165) is 25.5 Å². The second kappa shape index (κ2) is 6.26. The molecular weight excluding hydrogens is 230 g/mol. The first-order chi connectivity index (χ1) is 8.26. The minimum Gasteiger partial charge on any atom is -0.375 e. The maximum Gasteiger partial charge on any atom is 0.0704 e. The van der Waals surface area contributed by atoms with E-state index in [0.29, 0.717) is 0 Å². The van der Waals surface area contributed by atoms with E-state index in [-0.39, 0.29) is 5.60 Å². The second-order valence-corrected chi connectivity index (χ2v) is 6.58. The molecule has 1 spiro atoms. The Morgan fingerprint density at radius 3 is 2.94 bits per heavy atom. The van der Waals surface area contributed by atoms with Gasteiger partial charge in [-0.15, -0.1) is 0 Å². The molecule has 0 aromatic carbocycles. The first kappa shape index (κ1) is 13.4. The van der Waals surface area contributed by atoms with Gasteiger partial charge in [0.25, 0.3) is 0 Å². The maximum absolute atomic E-state index is 6.13. The quantitative estimate of drug-likeness (QED) is 0.788. The molecule has 1 unspecified atom stereocenters. The minimum absolute atomic E-state index is 0.214. The van der Waals surface area contributed by atoms with E-state index in [1.165, 1.54) is 42.8 Å². The van der Waals surface area contributed by atoms with Crippen LogP contribution in [0.4, 0.5) is 0 Å². The van der Waals surface area contributed by atoms with Crippen LogP contribution < -0.4 is 5.73 Å². The highest BCUT2D eigenvalue weighted by Gasteiger charge is 2.38. The molecule has 17 heavy (non-hydrogen) atoms. The monoisotopic (exact) mass is 255 g/mol. The van der Waals surface area contributed by atoms with E-state index in [9.17, 15) is 0 Å². The summed E-state index contributed by atoms with van der Waals surface area (Å²) in [6.45, 7) is 3.99. The number of rotatable bonds is 3. The van der Waals surface area contributed by atoms with Crippen LogP contribution in [0.3, 0.4) is 0 Å². The molecule has 3 heteroatoms. The van der Waals surface area contributed by atoms with E-state index in [2.05, 4.69) is 24.8 Å². The van der Waals surface area contributed by atoms with Crippen LogP contribution in [0.5, 0.6) is 0 Å². The molecule has 2 nitrogen and oxygen atoms in total. The fourth-order valence-corrected chi connectivity index (χ4v) is 4.22. The van der Waals surface area contributed by atoms with Gasteiger partial charge in [0, 0.05) is 6.61 Å². The topological polar surface area (TPSA) is 35.2 Å². The number of nitrogens with two attached hydrogens (primary N) is 1. The van der Waals surface area contributed by atoms with Crippen molar-refractivity contribution in [3.63, 3.8) is 0 Å². The van der Waals surface area contributed by atoms with Gasteiger partial charge in [0.1, 0.15) is 0 Å². The van der Waals surface area contributed by atoms with Crippen molar-refractivity contribution in [2.24, 2.45) is 11.7 Å². The third-order valence-corrected chi connectivity index (χ3v) is 5.16. The molecular formula is C14H25NOS. The standard InChI is InChI=1S/C14H25NOS/c1-12(3-2-7-15)13-4-8-16-14(11-13)5-9-17-10-6-14/h3,13H,2,4-11,15H2,1H3. The molecule has 0 saturated carbocycles. The van der Waals surface area contributed by atoms with Crippen LogP contribution in [0.2, 0.25) is 0 Å². The molecule has 2 aliphatic rings. The molecule has 0 bridgehead atoms. The molecule has 98 valence electrons. The van der Waals surface area contributed by atoms with Gasteiger partial charge in [-0.1, -0.05) is 11.6 Å². The Morgan fingerprint density at radius 1 is 1.47 bits per heavy atom. The summed E-state index contributed by atoms with van der Waals surface area (Å²) in [6.07, 6.45) is 8.28. The zero-order valence-electron chi connectivity index (χ0n) is 10.9. The summed E-state index contributed by atoms with van der Waals surface area (Å²) in [5.74, 6) is 3.29. The predicted molar refractivity (Wildman–Crippen MR) is 75.4 cm³/mol. The van der Waals surface area contributed by atoms with Gasteiger partial charge in [0.15, 0.2) is 0 Å². The zero-order valence-corrected chi connectivity index (χ0v) is 11.7. The fraction of sp³-hybridized carbons (Fsp3) is 0.857. The fourth-order valence-electron chi connectivity index (χ4n) is 2.99. The zero-order chi connectivity index (χ0) is 12.1. The molecule has 0 amide bonds. The highest BCUT2D eigenvalue weighted by molar-refractivity contribution is 7.99. The smallest absolute Gasteiger partial charge is 0.0704 e. The van der Waals surface area contributed by atoms with Gasteiger partial charge in [0.2, 0.25) is 0 Å². The number of allylic oxidation sites excluding steroid dienone is 1. The lowest BCUT2D eigenvalue weighted by atomic mass is 9.79. The van der Waals surface area contributed by atoms with Gasteiger partial charge in [-0.2, -0.15) is 11.8 Å². The maximum atomic E-state index is 6.13. The minimum atomic E-state index is 0.214. The van der Waals surface area contributed by atoms with Crippen molar-refractivity contribution < 1.29 is 4.74 Å². The van der Waals surface area contributed by atoms with E-state index < -0.39 is 0 Å². The number of thioether (sulfide) groups is 1. The molecule has 0 aromatic rings. The Labute approximate surface area is 109 Å². The lowest BCUT2D eigenvalue weighted by molar-refractivity contribution is -0.0965. The SMILES string of the molecule is CC(=CCCN)C1CCOC2(CCSCC2)C1. The molecule has 2 fully saturated rings. The van der Waals surface area contributed by atoms with E-state index in [1.54, 1.807) is 0 Å². The van der Waals surface area contributed by atoms with Crippen LogP contribution in [0.15, 0.2) is 11.6 Å². The van der Waals surface area contributed by atoms with E-state index in [4.69, 9.17) is 10.5 Å². The Balaban J connectivity index is 1.96. The average Bonchev–Trinajstić information content (AvgIpc) is 2.37. The summed E-state index contributed by atoms with van der Waals surface area (Å²) in [4.78, 5) is 0. The molecule has 2 rings (SSSR count).